The van der Waals surface area contributed by atoms with Crippen LogP contribution in [-0.2, 0) is 6.54 Å². The number of hydrogen-bond donors (Lipinski definition) is 0. The molecule has 0 saturated carbocycles. The van der Waals surface area contributed by atoms with E-state index >= 15 is 0 Å². The lowest BCUT2D eigenvalue weighted by Gasteiger charge is -2.10. The molecule has 1 aromatic heterocycles. The molecule has 0 aliphatic rings. The van der Waals surface area contributed by atoms with Gasteiger partial charge >= 0.3 is 5.69 Å². The molecule has 0 atom stereocenters. The number of benzene rings is 1. The first-order chi connectivity index (χ1) is 10.1. The van der Waals surface area contributed by atoms with Gasteiger partial charge in [0.1, 0.15) is 0 Å². The van der Waals surface area contributed by atoms with E-state index in [0.717, 1.165) is 12.8 Å². The van der Waals surface area contributed by atoms with E-state index < -0.39 is 17.2 Å². The van der Waals surface area contributed by atoms with Gasteiger partial charge in [0.05, 0.1) is 3.57 Å². The van der Waals surface area contributed by atoms with Crippen molar-refractivity contribution in [2.45, 2.75) is 26.3 Å². The zero-order valence-electron chi connectivity index (χ0n) is 11.6. The van der Waals surface area contributed by atoms with Crippen LogP contribution >= 0.6 is 22.6 Å². The molecule has 0 amide bonds. The van der Waals surface area contributed by atoms with Crippen LogP contribution in [0.3, 0.4) is 0 Å². The Balaban J connectivity index is 2.58. The molecule has 1 heterocycles. The predicted molar refractivity (Wildman–Crippen MR) is 88.8 cm³/mol. The molecule has 1 aromatic carbocycles. The molecule has 0 spiro atoms. The van der Waals surface area contributed by atoms with Gasteiger partial charge in [0.25, 0.3) is 11.5 Å². The Morgan fingerprint density at radius 1 is 1.19 bits per heavy atom. The van der Waals surface area contributed by atoms with Gasteiger partial charge in [-0.3, -0.25) is 14.2 Å². The second-order valence-corrected chi connectivity index (χ2v) is 5.78. The van der Waals surface area contributed by atoms with Crippen molar-refractivity contribution in [2.75, 3.05) is 0 Å². The van der Waals surface area contributed by atoms with Crippen LogP contribution in [0.1, 0.15) is 30.1 Å². The van der Waals surface area contributed by atoms with Crippen molar-refractivity contribution in [3.63, 3.8) is 0 Å². The van der Waals surface area contributed by atoms with Gasteiger partial charge < -0.3 is 0 Å². The molecule has 0 N–H and O–H groups in total. The monoisotopic (exact) mass is 398 g/mol. The summed E-state index contributed by atoms with van der Waals surface area (Å²) < 4.78 is 2.49. The van der Waals surface area contributed by atoms with Crippen molar-refractivity contribution in [3.05, 3.63) is 66.5 Å². The third kappa shape index (κ3) is 3.31. The number of rotatable bonds is 4. The van der Waals surface area contributed by atoms with E-state index in [0.29, 0.717) is 20.2 Å². The maximum atomic E-state index is 12.4. The zero-order valence-corrected chi connectivity index (χ0v) is 13.7. The van der Waals surface area contributed by atoms with Crippen molar-refractivity contribution in [1.29, 1.82) is 0 Å². The summed E-state index contributed by atoms with van der Waals surface area (Å²) in [6, 6.07) is 8.34. The number of nitrogens with zero attached hydrogens (tertiary/aromatic N) is 2. The van der Waals surface area contributed by atoms with E-state index in [1.807, 2.05) is 29.5 Å². The average molecular weight is 398 g/mol. The summed E-state index contributed by atoms with van der Waals surface area (Å²) in [5, 5.41) is 0. The van der Waals surface area contributed by atoms with Gasteiger partial charge in [-0.25, -0.2) is 4.79 Å². The topological polar surface area (TPSA) is 61.1 Å². The van der Waals surface area contributed by atoms with Gasteiger partial charge in [0, 0.05) is 18.3 Å². The minimum Gasteiger partial charge on any atom is -0.299 e. The first kappa shape index (κ1) is 15.7. The third-order valence-electron chi connectivity index (χ3n) is 3.09. The van der Waals surface area contributed by atoms with Gasteiger partial charge in [-0.1, -0.05) is 31.5 Å². The van der Waals surface area contributed by atoms with E-state index in [1.165, 1.54) is 10.8 Å². The minimum atomic E-state index is -0.589. The summed E-state index contributed by atoms with van der Waals surface area (Å²) in [7, 11) is 0. The number of aryl methyl sites for hydroxylation is 1. The quantitative estimate of drug-likeness (QED) is 0.742. The van der Waals surface area contributed by atoms with Gasteiger partial charge in [-0.2, -0.15) is 4.57 Å². The highest BCUT2D eigenvalue weighted by molar-refractivity contribution is 14.1. The molecule has 2 aromatic rings. The molecule has 0 unspecified atom stereocenters. The fourth-order valence-electron chi connectivity index (χ4n) is 1.95. The summed E-state index contributed by atoms with van der Waals surface area (Å²) in [6.07, 6.45) is 3.25. The smallest absolute Gasteiger partial charge is 0.299 e. The molecular weight excluding hydrogens is 383 g/mol. The zero-order chi connectivity index (χ0) is 15.4. The summed E-state index contributed by atoms with van der Waals surface area (Å²) in [6.45, 7) is 2.51. The molecule has 21 heavy (non-hydrogen) atoms. The first-order valence-corrected chi connectivity index (χ1v) is 7.76. The first-order valence-electron chi connectivity index (χ1n) is 6.68. The molecule has 0 fully saturated rings. The lowest BCUT2D eigenvalue weighted by Crippen LogP contribution is -2.44. The third-order valence-corrected chi connectivity index (χ3v) is 3.83. The number of carbonyl (C=O) groups is 1. The molecule has 0 radical (unpaired) electrons. The minimum absolute atomic E-state index is 0.320. The van der Waals surface area contributed by atoms with E-state index in [2.05, 4.69) is 0 Å². The van der Waals surface area contributed by atoms with Gasteiger partial charge in [-0.05, 0) is 41.1 Å². The van der Waals surface area contributed by atoms with Crippen molar-refractivity contribution < 1.29 is 4.79 Å². The molecule has 2 rings (SSSR count). The maximum absolute atomic E-state index is 12.4. The molecule has 0 bridgehead atoms. The molecule has 110 valence electrons. The number of hydrogen-bond acceptors (Lipinski definition) is 3. The SMILES string of the molecule is CCCCn1cc(I)c(=O)n(C(=O)c2ccccc2)c1=O. The van der Waals surface area contributed by atoms with E-state index in [9.17, 15) is 14.4 Å². The Hall–Kier alpha value is -1.70. The Morgan fingerprint density at radius 3 is 2.48 bits per heavy atom. The molecule has 0 aliphatic heterocycles. The number of aromatic nitrogens is 2. The largest absolute Gasteiger partial charge is 0.338 e. The molecule has 0 saturated heterocycles. The lowest BCUT2D eigenvalue weighted by atomic mass is 10.2. The highest BCUT2D eigenvalue weighted by Crippen LogP contribution is 2.02. The van der Waals surface area contributed by atoms with Crippen molar-refractivity contribution in [1.82, 2.24) is 9.13 Å². The van der Waals surface area contributed by atoms with E-state index in [4.69, 9.17) is 0 Å². The average Bonchev–Trinajstić information content (AvgIpc) is 2.50. The maximum Gasteiger partial charge on any atom is 0.338 e. The lowest BCUT2D eigenvalue weighted by molar-refractivity contribution is 0.0948. The van der Waals surface area contributed by atoms with Crippen LogP contribution in [0.5, 0.6) is 0 Å². The second-order valence-electron chi connectivity index (χ2n) is 4.62. The Kier molecular flexibility index (Phi) is 5.11. The number of unbranched alkanes of at least 4 members (excludes halogenated alkanes) is 1. The van der Waals surface area contributed by atoms with Crippen LogP contribution in [0, 0.1) is 3.57 Å². The predicted octanol–water partition coefficient (Wildman–Crippen LogP) is 2.10. The standard InChI is InChI=1S/C15H15IN2O3/c1-2-3-9-17-10-12(16)14(20)18(15(17)21)13(19)11-7-5-4-6-8-11/h4-8,10H,2-3,9H2,1H3. The van der Waals surface area contributed by atoms with Gasteiger partial charge in [-0.15, -0.1) is 0 Å². The van der Waals surface area contributed by atoms with Crippen LogP contribution < -0.4 is 11.2 Å². The fraction of sp³-hybridized carbons (Fsp3) is 0.267. The van der Waals surface area contributed by atoms with Crippen LogP contribution in [0.25, 0.3) is 0 Å². The number of halogens is 1. The van der Waals surface area contributed by atoms with Crippen LogP contribution in [0.2, 0.25) is 0 Å². The summed E-state index contributed by atoms with van der Waals surface area (Å²) in [5.74, 6) is -0.589. The Morgan fingerprint density at radius 2 is 1.86 bits per heavy atom. The van der Waals surface area contributed by atoms with Crippen molar-refractivity contribution in [3.8, 4) is 0 Å². The molecule has 6 heteroatoms. The Bertz CT molecular complexity index is 763. The highest BCUT2D eigenvalue weighted by atomic mass is 127. The van der Waals surface area contributed by atoms with Crippen LogP contribution in [0.4, 0.5) is 0 Å². The summed E-state index contributed by atoms with van der Waals surface area (Å²) >= 11 is 1.85. The molecule has 5 nitrogen and oxygen atoms in total. The van der Waals surface area contributed by atoms with Crippen LogP contribution in [0.15, 0.2) is 46.1 Å². The van der Waals surface area contributed by atoms with Crippen molar-refractivity contribution >= 4 is 28.5 Å². The molecular formula is C15H15IN2O3. The highest BCUT2D eigenvalue weighted by Gasteiger charge is 2.17. The normalized spacial score (nSPS) is 10.6. The fourth-order valence-corrected chi connectivity index (χ4v) is 2.52. The summed E-state index contributed by atoms with van der Waals surface area (Å²) in [5.41, 5.74) is -0.828. The second kappa shape index (κ2) is 6.84. The Labute approximate surface area is 135 Å². The number of carbonyl (C=O) groups excluding carboxylic acids is 1. The molecule has 0 aliphatic carbocycles. The van der Waals surface area contributed by atoms with E-state index in [-0.39, 0.29) is 0 Å². The van der Waals surface area contributed by atoms with E-state index in [1.54, 1.807) is 30.3 Å². The van der Waals surface area contributed by atoms with Crippen LogP contribution in [-0.4, -0.2) is 15.0 Å². The van der Waals surface area contributed by atoms with Gasteiger partial charge in [0.2, 0.25) is 0 Å². The summed E-state index contributed by atoms with van der Waals surface area (Å²) in [4.78, 5) is 36.9. The van der Waals surface area contributed by atoms with Gasteiger partial charge in [0.15, 0.2) is 0 Å². The van der Waals surface area contributed by atoms with Crippen molar-refractivity contribution in [2.24, 2.45) is 0 Å².